The number of likely N-dealkylation sites (tertiary alicyclic amines) is 2. The van der Waals surface area contributed by atoms with Crippen LogP contribution in [0.5, 0.6) is 0 Å². The second-order valence-electron chi connectivity index (χ2n) is 6.56. The van der Waals surface area contributed by atoms with Crippen LogP contribution < -0.4 is 0 Å². The van der Waals surface area contributed by atoms with Crippen LogP contribution >= 0.6 is 0 Å². The van der Waals surface area contributed by atoms with Crippen LogP contribution in [0.15, 0.2) is 30.9 Å². The van der Waals surface area contributed by atoms with Crippen molar-refractivity contribution in [1.29, 1.82) is 0 Å². The minimum absolute atomic E-state index is 0.0771. The Bertz CT molecular complexity index is 571. The van der Waals surface area contributed by atoms with Gasteiger partial charge in [-0.3, -0.25) is 9.69 Å². The summed E-state index contributed by atoms with van der Waals surface area (Å²) < 4.78 is 0. The first-order valence-electron chi connectivity index (χ1n) is 8.23. The Labute approximate surface area is 132 Å². The molecule has 22 heavy (non-hydrogen) atoms. The number of piperidine rings is 1. The summed E-state index contributed by atoms with van der Waals surface area (Å²) in [7, 11) is 0. The fraction of sp³-hybridized carbons (Fsp3) is 0.556. The third-order valence-corrected chi connectivity index (χ3v) is 5.04. The lowest BCUT2D eigenvalue weighted by molar-refractivity contribution is 0.0362. The van der Waals surface area contributed by atoms with Gasteiger partial charge in [0.1, 0.15) is 5.69 Å². The van der Waals surface area contributed by atoms with E-state index in [1.54, 1.807) is 0 Å². The highest BCUT2D eigenvalue weighted by atomic mass is 16.2. The molecule has 0 bridgehead atoms. The van der Waals surface area contributed by atoms with E-state index in [4.69, 9.17) is 0 Å². The Morgan fingerprint density at radius 3 is 2.86 bits per heavy atom. The number of hydrogen-bond donors (Lipinski definition) is 0. The maximum Gasteiger partial charge on any atom is 0.272 e. The molecular weight excluding hydrogens is 274 g/mol. The van der Waals surface area contributed by atoms with Crippen molar-refractivity contribution in [3.8, 4) is 0 Å². The Morgan fingerprint density at radius 2 is 2.14 bits per heavy atom. The highest BCUT2D eigenvalue weighted by Gasteiger charge is 2.44. The zero-order valence-corrected chi connectivity index (χ0v) is 13.4. The van der Waals surface area contributed by atoms with Crippen LogP contribution in [0.25, 0.3) is 0 Å². The maximum atomic E-state index is 12.8. The highest BCUT2D eigenvalue weighted by molar-refractivity contribution is 5.92. The van der Waals surface area contributed by atoms with Gasteiger partial charge in [0.25, 0.3) is 5.91 Å². The predicted molar refractivity (Wildman–Crippen MR) is 87.8 cm³/mol. The molecule has 3 heterocycles. The molecule has 4 nitrogen and oxygen atoms in total. The number of aromatic nitrogens is 1. The van der Waals surface area contributed by atoms with Gasteiger partial charge in [-0.25, -0.2) is 4.98 Å². The van der Waals surface area contributed by atoms with Crippen molar-refractivity contribution in [3.05, 3.63) is 42.2 Å². The standard InChI is InChI=1S/C18H25N3O/c1-3-11-21-13-6-10-18(21)9-5-12-20(14-18)17(22)16-8-4-7-15(2)19-16/h3-4,7-8H,1,5-6,9-14H2,2H3. The van der Waals surface area contributed by atoms with Gasteiger partial charge in [-0.1, -0.05) is 12.1 Å². The molecule has 2 aliphatic heterocycles. The molecule has 0 radical (unpaired) electrons. The normalized spacial score (nSPS) is 25.6. The van der Waals surface area contributed by atoms with Crippen LogP contribution in [-0.4, -0.2) is 52.4 Å². The first-order valence-corrected chi connectivity index (χ1v) is 8.23. The fourth-order valence-corrected chi connectivity index (χ4v) is 4.01. The molecule has 2 aliphatic rings. The van der Waals surface area contributed by atoms with E-state index in [-0.39, 0.29) is 11.4 Å². The number of rotatable bonds is 3. The zero-order chi connectivity index (χ0) is 15.6. The van der Waals surface area contributed by atoms with Crippen LogP contribution in [0.4, 0.5) is 0 Å². The summed E-state index contributed by atoms with van der Waals surface area (Å²) in [5.74, 6) is 0.0771. The molecule has 1 unspecified atom stereocenters. The van der Waals surface area contributed by atoms with E-state index >= 15 is 0 Å². The molecule has 1 aromatic heterocycles. The molecular formula is C18H25N3O. The largest absolute Gasteiger partial charge is 0.335 e. The topological polar surface area (TPSA) is 36.4 Å². The van der Waals surface area contributed by atoms with Crippen LogP contribution in [0.3, 0.4) is 0 Å². The molecule has 0 aliphatic carbocycles. The van der Waals surface area contributed by atoms with Crippen molar-refractivity contribution in [2.45, 2.75) is 38.1 Å². The van der Waals surface area contributed by atoms with Gasteiger partial charge >= 0.3 is 0 Å². The van der Waals surface area contributed by atoms with Crippen molar-refractivity contribution in [1.82, 2.24) is 14.8 Å². The lowest BCUT2D eigenvalue weighted by Crippen LogP contribution is -2.57. The van der Waals surface area contributed by atoms with E-state index in [1.807, 2.05) is 36.1 Å². The Hall–Kier alpha value is -1.68. The number of carbonyl (C=O) groups is 1. The van der Waals surface area contributed by atoms with Crippen LogP contribution in [0.1, 0.15) is 41.9 Å². The lowest BCUT2D eigenvalue weighted by Gasteiger charge is -2.45. The third-order valence-electron chi connectivity index (χ3n) is 5.04. The summed E-state index contributed by atoms with van der Waals surface area (Å²) in [5.41, 5.74) is 1.63. The molecule has 0 N–H and O–H groups in total. The molecule has 1 atom stereocenters. The number of amides is 1. The first-order chi connectivity index (χ1) is 10.6. The molecule has 2 saturated heterocycles. The van der Waals surface area contributed by atoms with Crippen LogP contribution in [0, 0.1) is 6.92 Å². The monoisotopic (exact) mass is 299 g/mol. The van der Waals surface area contributed by atoms with E-state index in [1.165, 1.54) is 19.3 Å². The molecule has 1 spiro atoms. The summed E-state index contributed by atoms with van der Waals surface area (Å²) in [6.45, 7) is 9.53. The molecule has 2 fully saturated rings. The number of aryl methyl sites for hydroxylation is 1. The van der Waals surface area contributed by atoms with E-state index < -0.39 is 0 Å². The number of nitrogens with zero attached hydrogens (tertiary/aromatic N) is 3. The Morgan fingerprint density at radius 1 is 1.36 bits per heavy atom. The lowest BCUT2D eigenvalue weighted by atomic mass is 9.86. The third kappa shape index (κ3) is 2.80. The van der Waals surface area contributed by atoms with Gasteiger partial charge in [-0.2, -0.15) is 0 Å². The van der Waals surface area contributed by atoms with Crippen molar-refractivity contribution >= 4 is 5.91 Å². The molecule has 3 rings (SSSR count). The molecule has 118 valence electrons. The van der Waals surface area contributed by atoms with Crippen LogP contribution in [0.2, 0.25) is 0 Å². The van der Waals surface area contributed by atoms with Crippen molar-refractivity contribution in [2.24, 2.45) is 0 Å². The molecule has 1 amide bonds. The summed E-state index contributed by atoms with van der Waals surface area (Å²) >= 11 is 0. The predicted octanol–water partition coefficient (Wildman–Crippen LogP) is 2.65. The van der Waals surface area contributed by atoms with Gasteiger partial charge in [0, 0.05) is 30.9 Å². The SMILES string of the molecule is C=CCN1CCCC12CCCN(C(=O)c1cccc(C)n1)C2. The number of hydrogen-bond acceptors (Lipinski definition) is 3. The second-order valence-corrected chi connectivity index (χ2v) is 6.56. The van der Waals surface area contributed by atoms with E-state index in [2.05, 4.69) is 16.5 Å². The number of carbonyl (C=O) groups excluding carboxylic acids is 1. The highest BCUT2D eigenvalue weighted by Crippen LogP contribution is 2.37. The molecule has 0 aromatic carbocycles. The average molecular weight is 299 g/mol. The summed E-state index contributed by atoms with van der Waals surface area (Å²) in [4.78, 5) is 21.7. The van der Waals surface area contributed by atoms with E-state index in [0.717, 1.165) is 38.3 Å². The quantitative estimate of drug-likeness (QED) is 0.805. The molecule has 1 aromatic rings. The van der Waals surface area contributed by atoms with Gasteiger partial charge in [-0.15, -0.1) is 6.58 Å². The Kier molecular flexibility index (Phi) is 4.30. The van der Waals surface area contributed by atoms with Crippen molar-refractivity contribution in [2.75, 3.05) is 26.2 Å². The van der Waals surface area contributed by atoms with Gasteiger partial charge in [-0.05, 0) is 51.3 Å². The van der Waals surface area contributed by atoms with E-state index in [9.17, 15) is 4.79 Å². The van der Waals surface area contributed by atoms with Gasteiger partial charge in [0.05, 0.1) is 0 Å². The minimum atomic E-state index is 0.0771. The summed E-state index contributed by atoms with van der Waals surface area (Å²) in [6, 6.07) is 5.67. The molecule has 4 heteroatoms. The summed E-state index contributed by atoms with van der Waals surface area (Å²) in [6.07, 6.45) is 6.65. The fourth-order valence-electron chi connectivity index (χ4n) is 4.01. The molecule has 0 saturated carbocycles. The maximum absolute atomic E-state index is 12.8. The average Bonchev–Trinajstić information content (AvgIpc) is 2.89. The number of pyridine rings is 1. The summed E-state index contributed by atoms with van der Waals surface area (Å²) in [5, 5.41) is 0. The second kappa shape index (κ2) is 6.21. The van der Waals surface area contributed by atoms with Crippen molar-refractivity contribution < 1.29 is 4.79 Å². The van der Waals surface area contributed by atoms with Gasteiger partial charge < -0.3 is 4.90 Å². The van der Waals surface area contributed by atoms with E-state index in [0.29, 0.717) is 5.69 Å². The smallest absolute Gasteiger partial charge is 0.272 e. The van der Waals surface area contributed by atoms with Crippen molar-refractivity contribution in [3.63, 3.8) is 0 Å². The van der Waals surface area contributed by atoms with Gasteiger partial charge in [0.2, 0.25) is 0 Å². The van der Waals surface area contributed by atoms with Gasteiger partial charge in [0.15, 0.2) is 0 Å². The zero-order valence-electron chi connectivity index (χ0n) is 13.4. The van der Waals surface area contributed by atoms with Crippen LogP contribution in [-0.2, 0) is 0 Å². The Balaban J connectivity index is 1.78. The minimum Gasteiger partial charge on any atom is -0.335 e. The first kappa shape index (κ1) is 15.2.